The van der Waals surface area contributed by atoms with Crippen LogP contribution in [0.5, 0.6) is 0 Å². The average molecular weight is 317 g/mol. The maximum Gasteiger partial charge on any atom is 0.168 e. The molecule has 0 N–H and O–H groups in total. The van der Waals surface area contributed by atoms with Gasteiger partial charge in [-0.25, -0.2) is 0 Å². The molecule has 0 aliphatic rings. The number of carbonyl (C=O) groups is 1. The molecular weight excluding hydrogens is 300 g/mol. The van der Waals surface area contributed by atoms with Crippen molar-refractivity contribution in [2.24, 2.45) is 5.41 Å². The van der Waals surface area contributed by atoms with E-state index in [2.05, 4.69) is 22.0 Å². The first-order chi connectivity index (χ1) is 8.89. The predicted octanol–water partition coefficient (Wildman–Crippen LogP) is 5.34. The van der Waals surface area contributed by atoms with Crippen LogP contribution in [0.4, 0.5) is 0 Å². The van der Waals surface area contributed by atoms with Crippen molar-refractivity contribution in [1.82, 2.24) is 0 Å². The Kier molecular flexibility index (Phi) is 3.91. The van der Waals surface area contributed by atoms with Gasteiger partial charge in [0.25, 0.3) is 0 Å². The summed E-state index contributed by atoms with van der Waals surface area (Å²) in [6, 6.07) is 15.9. The minimum atomic E-state index is -0.338. The van der Waals surface area contributed by atoms with Gasteiger partial charge in [0.1, 0.15) is 0 Å². The highest BCUT2D eigenvalue weighted by molar-refractivity contribution is 9.10. The van der Waals surface area contributed by atoms with Gasteiger partial charge in [-0.3, -0.25) is 4.79 Å². The van der Waals surface area contributed by atoms with E-state index in [0.29, 0.717) is 0 Å². The van der Waals surface area contributed by atoms with Crippen LogP contribution >= 0.6 is 15.9 Å². The fourth-order valence-corrected chi connectivity index (χ4v) is 2.44. The Hall–Kier alpha value is -1.41. The number of Topliss-reactive ketones (excluding diaryl/α,β-unsaturated/α-hetero) is 1. The largest absolute Gasteiger partial charge is 0.294 e. The standard InChI is InChI=1S/C17H17BrO/c1-17(2,3)16(19)13-10-8-12(9-11-13)14-6-4-5-7-15(14)18/h4-11H,1-3H3. The molecule has 0 amide bonds. The summed E-state index contributed by atoms with van der Waals surface area (Å²) in [4.78, 5) is 12.2. The predicted molar refractivity (Wildman–Crippen MR) is 83.4 cm³/mol. The highest BCUT2D eigenvalue weighted by atomic mass is 79.9. The fraction of sp³-hybridized carbons (Fsp3) is 0.235. The number of carbonyl (C=O) groups excluding carboxylic acids is 1. The minimum Gasteiger partial charge on any atom is -0.294 e. The lowest BCUT2D eigenvalue weighted by atomic mass is 9.86. The van der Waals surface area contributed by atoms with E-state index >= 15 is 0 Å². The second kappa shape index (κ2) is 5.30. The summed E-state index contributed by atoms with van der Waals surface area (Å²) in [5.74, 6) is 0.172. The first-order valence-corrected chi connectivity index (χ1v) is 7.08. The van der Waals surface area contributed by atoms with Crippen molar-refractivity contribution in [3.63, 3.8) is 0 Å². The van der Waals surface area contributed by atoms with Crippen molar-refractivity contribution in [3.8, 4) is 11.1 Å². The highest BCUT2D eigenvalue weighted by Gasteiger charge is 2.22. The fourth-order valence-electron chi connectivity index (χ4n) is 1.93. The lowest BCUT2D eigenvalue weighted by Gasteiger charge is -2.16. The molecule has 0 aromatic heterocycles. The average Bonchev–Trinajstić information content (AvgIpc) is 2.38. The van der Waals surface area contributed by atoms with Crippen molar-refractivity contribution < 1.29 is 4.79 Å². The van der Waals surface area contributed by atoms with Gasteiger partial charge in [0.05, 0.1) is 0 Å². The third-order valence-electron chi connectivity index (χ3n) is 3.01. The molecule has 2 heteroatoms. The van der Waals surface area contributed by atoms with Gasteiger partial charge in [-0.05, 0) is 17.2 Å². The van der Waals surface area contributed by atoms with Gasteiger partial charge in [0, 0.05) is 15.5 Å². The molecule has 2 rings (SSSR count). The molecule has 0 heterocycles. The normalized spacial score (nSPS) is 11.4. The quantitative estimate of drug-likeness (QED) is 0.683. The monoisotopic (exact) mass is 316 g/mol. The number of ketones is 1. The first-order valence-electron chi connectivity index (χ1n) is 6.29. The molecule has 0 spiro atoms. The molecular formula is C17H17BrO. The molecule has 2 aromatic carbocycles. The molecule has 0 bridgehead atoms. The van der Waals surface area contributed by atoms with Crippen LogP contribution < -0.4 is 0 Å². The summed E-state index contributed by atoms with van der Waals surface area (Å²) < 4.78 is 1.06. The van der Waals surface area contributed by atoms with E-state index in [4.69, 9.17) is 0 Å². The summed E-state index contributed by atoms with van der Waals surface area (Å²) >= 11 is 3.55. The second-order valence-corrected chi connectivity index (χ2v) is 6.49. The SMILES string of the molecule is CC(C)(C)C(=O)c1ccc(-c2ccccc2Br)cc1. The number of halogens is 1. The molecule has 98 valence electrons. The lowest BCUT2D eigenvalue weighted by Crippen LogP contribution is -2.19. The Morgan fingerprint density at radius 3 is 2.05 bits per heavy atom. The molecule has 0 aliphatic heterocycles. The molecule has 1 nitrogen and oxygen atoms in total. The minimum absolute atomic E-state index is 0.172. The second-order valence-electron chi connectivity index (χ2n) is 5.64. The van der Waals surface area contributed by atoms with Crippen LogP contribution in [0.1, 0.15) is 31.1 Å². The van der Waals surface area contributed by atoms with Gasteiger partial charge in [-0.2, -0.15) is 0 Å². The van der Waals surface area contributed by atoms with E-state index in [1.54, 1.807) is 0 Å². The first kappa shape index (κ1) is 14.0. The van der Waals surface area contributed by atoms with Crippen molar-refractivity contribution in [2.75, 3.05) is 0 Å². The molecule has 19 heavy (non-hydrogen) atoms. The summed E-state index contributed by atoms with van der Waals surface area (Å²) in [7, 11) is 0. The van der Waals surface area contributed by atoms with Gasteiger partial charge in [0.15, 0.2) is 5.78 Å². The molecule has 0 atom stereocenters. The van der Waals surface area contributed by atoms with Crippen molar-refractivity contribution >= 4 is 21.7 Å². The maximum absolute atomic E-state index is 12.2. The van der Waals surface area contributed by atoms with E-state index in [-0.39, 0.29) is 11.2 Å². The van der Waals surface area contributed by atoms with Gasteiger partial charge in [0.2, 0.25) is 0 Å². The molecule has 2 aromatic rings. The van der Waals surface area contributed by atoms with Crippen LogP contribution in [0.2, 0.25) is 0 Å². The van der Waals surface area contributed by atoms with E-state index in [9.17, 15) is 4.79 Å². The summed E-state index contributed by atoms with van der Waals surface area (Å²) in [5.41, 5.74) is 2.67. The number of rotatable bonds is 2. The van der Waals surface area contributed by atoms with Crippen LogP contribution in [0.25, 0.3) is 11.1 Å². The number of hydrogen-bond acceptors (Lipinski definition) is 1. The third-order valence-corrected chi connectivity index (χ3v) is 3.70. The molecule has 0 saturated heterocycles. The Morgan fingerprint density at radius 1 is 0.947 bits per heavy atom. The number of benzene rings is 2. The zero-order chi connectivity index (χ0) is 14.0. The summed E-state index contributed by atoms with van der Waals surface area (Å²) in [6.45, 7) is 5.82. The van der Waals surface area contributed by atoms with Crippen molar-refractivity contribution in [3.05, 3.63) is 58.6 Å². The van der Waals surface area contributed by atoms with Crippen molar-refractivity contribution in [1.29, 1.82) is 0 Å². The van der Waals surface area contributed by atoms with Crippen LogP contribution in [-0.2, 0) is 0 Å². The third kappa shape index (κ3) is 3.13. The van der Waals surface area contributed by atoms with E-state index in [1.165, 1.54) is 0 Å². The summed E-state index contributed by atoms with van der Waals surface area (Å²) in [5, 5.41) is 0. The van der Waals surface area contributed by atoms with Gasteiger partial charge in [-0.1, -0.05) is 79.2 Å². The topological polar surface area (TPSA) is 17.1 Å². The highest BCUT2D eigenvalue weighted by Crippen LogP contribution is 2.29. The molecule has 0 saturated carbocycles. The number of hydrogen-bond donors (Lipinski definition) is 0. The molecule has 0 fully saturated rings. The van der Waals surface area contributed by atoms with Crippen LogP contribution in [0.3, 0.4) is 0 Å². The van der Waals surface area contributed by atoms with Crippen LogP contribution in [0.15, 0.2) is 53.0 Å². The Labute approximate surface area is 122 Å². The van der Waals surface area contributed by atoms with E-state index in [1.807, 2.05) is 63.2 Å². The zero-order valence-electron chi connectivity index (χ0n) is 11.4. The van der Waals surface area contributed by atoms with E-state index < -0.39 is 0 Å². The van der Waals surface area contributed by atoms with Crippen LogP contribution in [0, 0.1) is 5.41 Å². The Morgan fingerprint density at radius 2 is 1.53 bits per heavy atom. The van der Waals surface area contributed by atoms with Crippen molar-refractivity contribution in [2.45, 2.75) is 20.8 Å². The van der Waals surface area contributed by atoms with Gasteiger partial charge >= 0.3 is 0 Å². The smallest absolute Gasteiger partial charge is 0.168 e. The van der Waals surface area contributed by atoms with Gasteiger partial charge in [-0.15, -0.1) is 0 Å². The Bertz CT molecular complexity index is 591. The molecule has 0 unspecified atom stereocenters. The molecule has 0 radical (unpaired) electrons. The van der Waals surface area contributed by atoms with E-state index in [0.717, 1.165) is 21.2 Å². The van der Waals surface area contributed by atoms with Crippen LogP contribution in [-0.4, -0.2) is 5.78 Å². The lowest BCUT2D eigenvalue weighted by molar-refractivity contribution is 0.0858. The zero-order valence-corrected chi connectivity index (χ0v) is 13.0. The summed E-state index contributed by atoms with van der Waals surface area (Å²) in [6.07, 6.45) is 0. The maximum atomic E-state index is 12.2. The molecule has 0 aliphatic carbocycles. The Balaban J connectivity index is 2.35. The van der Waals surface area contributed by atoms with Gasteiger partial charge < -0.3 is 0 Å².